The van der Waals surface area contributed by atoms with Gasteiger partial charge in [-0.3, -0.25) is 9.48 Å². The summed E-state index contributed by atoms with van der Waals surface area (Å²) in [7, 11) is 1.69. The van der Waals surface area contributed by atoms with E-state index in [-0.39, 0.29) is 11.9 Å². The first-order chi connectivity index (χ1) is 8.18. The van der Waals surface area contributed by atoms with Crippen LogP contribution < -0.4 is 0 Å². The number of carbonyl (C=O) groups excluding carboxylic acids is 1. The van der Waals surface area contributed by atoms with E-state index in [0.717, 1.165) is 0 Å². The van der Waals surface area contributed by atoms with Gasteiger partial charge in [0.15, 0.2) is 5.82 Å². The van der Waals surface area contributed by atoms with Gasteiger partial charge in [-0.15, -0.1) is 0 Å². The second kappa shape index (κ2) is 4.77. The molecule has 7 nitrogen and oxygen atoms in total. The number of rotatable bonds is 4. The van der Waals surface area contributed by atoms with Gasteiger partial charge in [0.2, 0.25) is 12.3 Å². The molecule has 0 aliphatic heterocycles. The van der Waals surface area contributed by atoms with E-state index in [0.29, 0.717) is 12.4 Å². The molecule has 2 aromatic rings. The summed E-state index contributed by atoms with van der Waals surface area (Å²) in [6.07, 6.45) is 4.64. The molecule has 0 aromatic carbocycles. The van der Waals surface area contributed by atoms with E-state index < -0.39 is 0 Å². The van der Waals surface area contributed by atoms with Crippen LogP contribution in [0.25, 0.3) is 0 Å². The number of hydrogen-bond donors (Lipinski definition) is 0. The van der Waals surface area contributed by atoms with Crippen molar-refractivity contribution in [3.63, 3.8) is 0 Å². The number of carbonyl (C=O) groups is 1. The predicted molar refractivity (Wildman–Crippen MR) is 57.7 cm³/mol. The molecule has 2 rings (SSSR count). The van der Waals surface area contributed by atoms with Gasteiger partial charge in [-0.1, -0.05) is 5.16 Å². The Morgan fingerprint density at radius 1 is 1.65 bits per heavy atom. The van der Waals surface area contributed by atoms with Gasteiger partial charge in [0.1, 0.15) is 6.04 Å². The molecule has 0 fully saturated rings. The Bertz CT molecular complexity index is 465. The minimum Gasteiger partial charge on any atom is -0.343 e. The van der Waals surface area contributed by atoms with Gasteiger partial charge in [0.25, 0.3) is 0 Å². The van der Waals surface area contributed by atoms with Crippen LogP contribution in [0.4, 0.5) is 0 Å². The Kier molecular flexibility index (Phi) is 3.17. The molecule has 0 aliphatic carbocycles. The maximum absolute atomic E-state index is 12.0. The van der Waals surface area contributed by atoms with Crippen molar-refractivity contribution >= 4 is 5.91 Å². The van der Waals surface area contributed by atoms with Crippen LogP contribution in [0.2, 0.25) is 0 Å². The third kappa shape index (κ3) is 2.49. The Hall–Kier alpha value is -2.18. The lowest BCUT2D eigenvalue weighted by atomic mass is 10.3. The molecular formula is C10H13N5O2. The van der Waals surface area contributed by atoms with Crippen molar-refractivity contribution in [2.75, 3.05) is 7.05 Å². The van der Waals surface area contributed by atoms with Crippen molar-refractivity contribution in [2.24, 2.45) is 0 Å². The predicted octanol–water partition coefficient (Wildman–Crippen LogP) is 0.486. The zero-order valence-electron chi connectivity index (χ0n) is 9.65. The average Bonchev–Trinajstić information content (AvgIpc) is 2.99. The van der Waals surface area contributed by atoms with E-state index in [2.05, 4.69) is 19.8 Å². The zero-order chi connectivity index (χ0) is 12.3. The lowest BCUT2D eigenvalue weighted by molar-refractivity contribution is -0.133. The summed E-state index contributed by atoms with van der Waals surface area (Å²) >= 11 is 0. The molecule has 1 atom stereocenters. The van der Waals surface area contributed by atoms with E-state index in [1.54, 1.807) is 37.1 Å². The lowest BCUT2D eigenvalue weighted by Crippen LogP contribution is -2.33. The van der Waals surface area contributed by atoms with Crippen LogP contribution in [0.15, 0.2) is 29.4 Å². The molecule has 0 N–H and O–H groups in total. The number of nitrogens with zero attached hydrogens (tertiary/aromatic N) is 5. The van der Waals surface area contributed by atoms with E-state index >= 15 is 0 Å². The zero-order valence-corrected chi connectivity index (χ0v) is 9.65. The summed E-state index contributed by atoms with van der Waals surface area (Å²) in [5.74, 6) is 0.423. The maximum Gasteiger partial charge on any atom is 0.247 e. The Morgan fingerprint density at radius 3 is 3.06 bits per heavy atom. The summed E-state index contributed by atoms with van der Waals surface area (Å²) in [6, 6.07) is 1.44. The summed E-state index contributed by atoms with van der Waals surface area (Å²) in [5.41, 5.74) is 0. The number of amides is 1. The summed E-state index contributed by atoms with van der Waals surface area (Å²) in [6.45, 7) is 2.11. The van der Waals surface area contributed by atoms with Gasteiger partial charge in [-0.25, -0.2) is 0 Å². The van der Waals surface area contributed by atoms with Crippen LogP contribution >= 0.6 is 0 Å². The number of likely N-dealkylation sites (N-methyl/N-ethyl adjacent to an activating group) is 1. The maximum atomic E-state index is 12.0. The van der Waals surface area contributed by atoms with E-state index in [1.165, 1.54) is 11.3 Å². The molecule has 2 heterocycles. The fourth-order valence-corrected chi connectivity index (χ4v) is 1.49. The smallest absolute Gasteiger partial charge is 0.247 e. The van der Waals surface area contributed by atoms with Crippen LogP contribution in [0.3, 0.4) is 0 Å². The Morgan fingerprint density at radius 2 is 2.47 bits per heavy atom. The van der Waals surface area contributed by atoms with E-state index in [9.17, 15) is 4.79 Å². The highest BCUT2D eigenvalue weighted by Crippen LogP contribution is 2.08. The molecule has 0 unspecified atom stereocenters. The first kappa shape index (κ1) is 11.3. The van der Waals surface area contributed by atoms with Crippen molar-refractivity contribution in [3.8, 4) is 0 Å². The van der Waals surface area contributed by atoms with Crippen molar-refractivity contribution in [2.45, 2.75) is 19.5 Å². The first-order valence-electron chi connectivity index (χ1n) is 5.18. The lowest BCUT2D eigenvalue weighted by Gasteiger charge is -2.20. The molecule has 0 saturated heterocycles. The molecule has 0 bridgehead atoms. The number of aromatic nitrogens is 4. The SMILES string of the molecule is C[C@@H](C(=O)N(C)Cc1ncon1)n1cccn1. The molecule has 90 valence electrons. The molecule has 0 radical (unpaired) electrons. The van der Waals surface area contributed by atoms with Crippen LogP contribution in [0, 0.1) is 0 Å². The molecule has 1 amide bonds. The monoisotopic (exact) mass is 235 g/mol. The van der Waals surface area contributed by atoms with Gasteiger partial charge in [0.05, 0.1) is 6.54 Å². The first-order valence-corrected chi connectivity index (χ1v) is 5.18. The normalized spacial score (nSPS) is 12.4. The average molecular weight is 235 g/mol. The molecule has 0 aliphatic rings. The molecule has 0 saturated carbocycles. The van der Waals surface area contributed by atoms with Gasteiger partial charge in [0, 0.05) is 19.4 Å². The summed E-state index contributed by atoms with van der Waals surface area (Å²) in [5, 5.41) is 7.69. The Labute approximate surface area is 98.0 Å². The quantitative estimate of drug-likeness (QED) is 0.770. The van der Waals surface area contributed by atoms with Crippen LogP contribution in [0.5, 0.6) is 0 Å². The second-order valence-electron chi connectivity index (χ2n) is 3.70. The topological polar surface area (TPSA) is 77.0 Å². The van der Waals surface area contributed by atoms with Gasteiger partial charge < -0.3 is 9.42 Å². The van der Waals surface area contributed by atoms with E-state index in [1.807, 2.05) is 0 Å². The van der Waals surface area contributed by atoms with Gasteiger partial charge in [-0.2, -0.15) is 10.1 Å². The summed E-state index contributed by atoms with van der Waals surface area (Å²) < 4.78 is 6.22. The highest BCUT2D eigenvalue weighted by Gasteiger charge is 2.20. The molecule has 2 aromatic heterocycles. The van der Waals surface area contributed by atoms with Crippen LogP contribution in [-0.4, -0.2) is 37.8 Å². The van der Waals surface area contributed by atoms with Gasteiger partial charge in [-0.05, 0) is 13.0 Å². The van der Waals surface area contributed by atoms with Gasteiger partial charge >= 0.3 is 0 Å². The second-order valence-corrected chi connectivity index (χ2v) is 3.70. The largest absolute Gasteiger partial charge is 0.343 e. The molecule has 17 heavy (non-hydrogen) atoms. The van der Waals surface area contributed by atoms with Crippen molar-refractivity contribution < 1.29 is 9.32 Å². The highest BCUT2D eigenvalue weighted by atomic mass is 16.5. The minimum atomic E-state index is -0.345. The van der Waals surface area contributed by atoms with E-state index in [4.69, 9.17) is 0 Å². The Balaban J connectivity index is 2.00. The third-order valence-electron chi connectivity index (χ3n) is 2.44. The van der Waals surface area contributed by atoms with Crippen LogP contribution in [-0.2, 0) is 11.3 Å². The fraction of sp³-hybridized carbons (Fsp3) is 0.400. The standard InChI is InChI=1S/C10H13N5O2/c1-8(15-5-3-4-12-15)10(16)14(2)6-9-11-7-17-13-9/h3-5,7-8H,6H2,1-2H3/t8-/m0/s1. The summed E-state index contributed by atoms with van der Waals surface area (Å²) in [4.78, 5) is 17.5. The van der Waals surface area contributed by atoms with Crippen molar-refractivity contribution in [1.29, 1.82) is 0 Å². The van der Waals surface area contributed by atoms with Crippen molar-refractivity contribution in [3.05, 3.63) is 30.7 Å². The molecule has 7 heteroatoms. The fourth-order valence-electron chi connectivity index (χ4n) is 1.49. The highest BCUT2D eigenvalue weighted by molar-refractivity contribution is 5.79. The molecule has 0 spiro atoms. The minimum absolute atomic E-state index is 0.0569. The van der Waals surface area contributed by atoms with Crippen LogP contribution in [0.1, 0.15) is 18.8 Å². The number of hydrogen-bond acceptors (Lipinski definition) is 5. The van der Waals surface area contributed by atoms with Crippen molar-refractivity contribution in [1.82, 2.24) is 24.8 Å². The third-order valence-corrected chi connectivity index (χ3v) is 2.44. The molecular weight excluding hydrogens is 222 g/mol.